The lowest BCUT2D eigenvalue weighted by Gasteiger charge is -2.32. The molecule has 1 atom stereocenters. The maximum absolute atomic E-state index is 5.58. The molecule has 0 radical (unpaired) electrons. The highest BCUT2D eigenvalue weighted by Gasteiger charge is 2.35. The maximum atomic E-state index is 5.58. The predicted octanol–water partition coefficient (Wildman–Crippen LogP) is 5.12. The van der Waals surface area contributed by atoms with Crippen LogP contribution in [0.25, 0.3) is 0 Å². The standard InChI is InChI=1S/C24H32N4S/c1-19-8-7-15-28(17-19)22-12-11-21(16-25-22)27-23(29)26-18-24(13-5-6-14-24)20-9-3-2-4-10-20/h2-4,9-12,16,19H,5-8,13-15,17-18H2,1H3,(H2,26,27,29)/t19-/m1/s1. The van der Waals surface area contributed by atoms with Gasteiger partial charge in [-0.1, -0.05) is 50.1 Å². The number of hydrogen-bond donors (Lipinski definition) is 2. The molecule has 29 heavy (non-hydrogen) atoms. The number of aromatic nitrogens is 1. The molecule has 1 aliphatic heterocycles. The van der Waals surface area contributed by atoms with E-state index in [1.165, 1.54) is 44.1 Å². The number of piperidine rings is 1. The first-order valence-corrected chi connectivity index (χ1v) is 11.4. The highest BCUT2D eigenvalue weighted by Crippen LogP contribution is 2.40. The van der Waals surface area contributed by atoms with Gasteiger partial charge in [0.2, 0.25) is 0 Å². The highest BCUT2D eigenvalue weighted by atomic mass is 32.1. The van der Waals surface area contributed by atoms with Gasteiger partial charge in [-0.25, -0.2) is 4.98 Å². The van der Waals surface area contributed by atoms with Crippen molar-refractivity contribution in [2.45, 2.75) is 50.9 Å². The summed E-state index contributed by atoms with van der Waals surface area (Å²) in [4.78, 5) is 7.05. The van der Waals surface area contributed by atoms with E-state index in [-0.39, 0.29) is 5.41 Å². The van der Waals surface area contributed by atoms with Crippen molar-refractivity contribution in [3.05, 3.63) is 54.2 Å². The Morgan fingerprint density at radius 3 is 2.62 bits per heavy atom. The van der Waals surface area contributed by atoms with Gasteiger partial charge in [0.25, 0.3) is 0 Å². The summed E-state index contributed by atoms with van der Waals surface area (Å²) in [6.07, 6.45) is 9.48. The minimum absolute atomic E-state index is 0.195. The van der Waals surface area contributed by atoms with Gasteiger partial charge in [-0.2, -0.15) is 0 Å². The van der Waals surface area contributed by atoms with Crippen LogP contribution in [0.15, 0.2) is 48.7 Å². The number of pyridine rings is 1. The van der Waals surface area contributed by atoms with Crippen LogP contribution in [0.2, 0.25) is 0 Å². The largest absolute Gasteiger partial charge is 0.362 e. The number of thiocarbonyl (C=S) groups is 1. The zero-order valence-corrected chi connectivity index (χ0v) is 18.2. The van der Waals surface area contributed by atoms with E-state index in [1.54, 1.807) is 0 Å². The van der Waals surface area contributed by atoms with Crippen LogP contribution >= 0.6 is 12.2 Å². The van der Waals surface area contributed by atoms with Crippen LogP contribution in [-0.2, 0) is 5.41 Å². The molecule has 0 spiro atoms. The Morgan fingerprint density at radius 1 is 1.14 bits per heavy atom. The van der Waals surface area contributed by atoms with Gasteiger partial charge in [0, 0.05) is 25.0 Å². The molecule has 1 aliphatic carbocycles. The van der Waals surface area contributed by atoms with Crippen LogP contribution in [0.3, 0.4) is 0 Å². The molecule has 1 saturated carbocycles. The molecule has 0 unspecified atom stereocenters. The van der Waals surface area contributed by atoms with Crippen molar-refractivity contribution in [2.75, 3.05) is 29.9 Å². The molecular formula is C24H32N4S. The quantitative estimate of drug-likeness (QED) is 0.672. The number of rotatable bonds is 5. The molecule has 4 rings (SSSR count). The van der Waals surface area contributed by atoms with Gasteiger partial charge in [0.15, 0.2) is 5.11 Å². The molecular weight excluding hydrogens is 376 g/mol. The third-order valence-electron chi connectivity index (χ3n) is 6.52. The van der Waals surface area contributed by atoms with Crippen LogP contribution in [-0.4, -0.2) is 29.7 Å². The Balaban J connectivity index is 1.33. The van der Waals surface area contributed by atoms with E-state index in [9.17, 15) is 0 Å². The van der Waals surface area contributed by atoms with Crippen LogP contribution in [0.4, 0.5) is 11.5 Å². The molecule has 2 fully saturated rings. The minimum atomic E-state index is 0.195. The van der Waals surface area contributed by atoms with Crippen molar-refractivity contribution in [1.29, 1.82) is 0 Å². The van der Waals surface area contributed by atoms with E-state index in [0.717, 1.165) is 37.1 Å². The first-order chi connectivity index (χ1) is 14.1. The Bertz CT molecular complexity index is 799. The zero-order chi connectivity index (χ0) is 20.1. The Kier molecular flexibility index (Phi) is 6.34. The molecule has 2 aliphatic rings. The van der Waals surface area contributed by atoms with E-state index < -0.39 is 0 Å². The number of hydrogen-bond acceptors (Lipinski definition) is 3. The number of nitrogens with one attached hydrogen (secondary N) is 2. The molecule has 0 bridgehead atoms. The Hall–Kier alpha value is -2.14. The van der Waals surface area contributed by atoms with Gasteiger partial charge < -0.3 is 15.5 Å². The fourth-order valence-corrected chi connectivity index (χ4v) is 5.07. The molecule has 5 heteroatoms. The molecule has 4 nitrogen and oxygen atoms in total. The van der Waals surface area contributed by atoms with Crippen LogP contribution in [0.5, 0.6) is 0 Å². The summed E-state index contributed by atoms with van der Waals surface area (Å²) in [7, 11) is 0. The smallest absolute Gasteiger partial charge is 0.170 e. The summed E-state index contributed by atoms with van der Waals surface area (Å²) < 4.78 is 0. The zero-order valence-electron chi connectivity index (χ0n) is 17.4. The van der Waals surface area contributed by atoms with Gasteiger partial charge in [-0.05, 0) is 61.5 Å². The lowest BCUT2D eigenvalue weighted by Crippen LogP contribution is -2.40. The fourth-order valence-electron chi connectivity index (χ4n) is 4.88. The summed E-state index contributed by atoms with van der Waals surface area (Å²) in [6.45, 7) is 5.39. The van der Waals surface area contributed by atoms with Crippen molar-refractivity contribution in [2.24, 2.45) is 5.92 Å². The fraction of sp³-hybridized carbons (Fsp3) is 0.500. The molecule has 2 N–H and O–H groups in total. The summed E-state index contributed by atoms with van der Waals surface area (Å²) in [5.74, 6) is 1.81. The van der Waals surface area contributed by atoms with Crippen molar-refractivity contribution >= 4 is 28.8 Å². The second-order valence-electron chi connectivity index (χ2n) is 8.76. The normalized spacial score (nSPS) is 21.0. The summed E-state index contributed by atoms with van der Waals surface area (Å²) in [5.41, 5.74) is 2.56. The summed E-state index contributed by atoms with van der Waals surface area (Å²) in [6, 6.07) is 15.1. The molecule has 0 amide bonds. The van der Waals surface area contributed by atoms with Crippen LogP contribution in [0.1, 0.15) is 51.0 Å². The number of anilines is 2. The molecule has 2 aromatic rings. The second kappa shape index (κ2) is 9.12. The van der Waals surface area contributed by atoms with Crippen LogP contribution < -0.4 is 15.5 Å². The first-order valence-electron chi connectivity index (χ1n) is 11.0. The van der Waals surface area contributed by atoms with E-state index in [2.05, 4.69) is 69.9 Å². The third-order valence-corrected chi connectivity index (χ3v) is 6.77. The summed E-state index contributed by atoms with van der Waals surface area (Å²) >= 11 is 5.58. The van der Waals surface area contributed by atoms with Gasteiger partial charge in [-0.3, -0.25) is 0 Å². The Labute approximate surface area is 180 Å². The SMILES string of the molecule is C[C@@H]1CCCN(c2ccc(NC(=S)NCC3(c4ccccc4)CCCC3)cn2)C1. The Morgan fingerprint density at radius 2 is 1.93 bits per heavy atom. The van der Waals surface area contributed by atoms with Crippen molar-refractivity contribution < 1.29 is 0 Å². The van der Waals surface area contributed by atoms with Crippen LogP contribution in [0, 0.1) is 5.92 Å². The van der Waals surface area contributed by atoms with Gasteiger partial charge in [0.05, 0.1) is 11.9 Å². The average molecular weight is 409 g/mol. The monoisotopic (exact) mass is 408 g/mol. The number of benzene rings is 1. The van der Waals surface area contributed by atoms with Gasteiger partial charge in [-0.15, -0.1) is 0 Å². The maximum Gasteiger partial charge on any atom is 0.170 e. The second-order valence-corrected chi connectivity index (χ2v) is 9.17. The van der Waals surface area contributed by atoms with E-state index in [4.69, 9.17) is 12.2 Å². The topological polar surface area (TPSA) is 40.2 Å². The average Bonchev–Trinajstić information content (AvgIpc) is 3.24. The van der Waals surface area contributed by atoms with Crippen molar-refractivity contribution in [3.63, 3.8) is 0 Å². The summed E-state index contributed by atoms with van der Waals surface area (Å²) in [5, 5.41) is 7.47. The van der Waals surface area contributed by atoms with E-state index in [1.807, 2.05) is 6.20 Å². The van der Waals surface area contributed by atoms with Gasteiger partial charge in [0.1, 0.15) is 5.82 Å². The first kappa shape index (κ1) is 20.1. The lowest BCUT2D eigenvalue weighted by molar-refractivity contribution is 0.435. The lowest BCUT2D eigenvalue weighted by atomic mass is 9.79. The molecule has 1 aromatic carbocycles. The third kappa shape index (κ3) is 4.89. The van der Waals surface area contributed by atoms with Crippen molar-refractivity contribution in [1.82, 2.24) is 10.3 Å². The predicted molar refractivity (Wildman–Crippen MR) is 126 cm³/mol. The molecule has 1 aromatic heterocycles. The molecule has 1 saturated heterocycles. The minimum Gasteiger partial charge on any atom is -0.362 e. The number of nitrogens with zero attached hydrogens (tertiary/aromatic N) is 2. The van der Waals surface area contributed by atoms with E-state index in [0.29, 0.717) is 5.11 Å². The van der Waals surface area contributed by atoms with Gasteiger partial charge >= 0.3 is 0 Å². The molecule has 2 heterocycles. The van der Waals surface area contributed by atoms with E-state index >= 15 is 0 Å². The van der Waals surface area contributed by atoms with Crippen molar-refractivity contribution in [3.8, 4) is 0 Å². The highest BCUT2D eigenvalue weighted by molar-refractivity contribution is 7.80. The molecule has 154 valence electrons.